The molecule has 2 fully saturated rings. The molecule has 1 saturated carbocycles. The zero-order valence-electron chi connectivity index (χ0n) is 15.3. The van der Waals surface area contributed by atoms with Crippen molar-refractivity contribution in [2.45, 2.75) is 44.8 Å². The van der Waals surface area contributed by atoms with Crippen LogP contribution in [0, 0.1) is 11.8 Å². The summed E-state index contributed by atoms with van der Waals surface area (Å²) in [5.74, 6) is 1.62. The lowest BCUT2D eigenvalue weighted by Gasteiger charge is -2.41. The summed E-state index contributed by atoms with van der Waals surface area (Å²) < 4.78 is 5.13. The van der Waals surface area contributed by atoms with E-state index in [1.54, 1.807) is 7.11 Å². The van der Waals surface area contributed by atoms with E-state index >= 15 is 0 Å². The highest BCUT2D eigenvalue weighted by Gasteiger charge is 2.49. The number of carbonyl (C=O) groups excluding carboxylic acids is 1. The number of amides is 1. The second kappa shape index (κ2) is 7.75. The van der Waals surface area contributed by atoms with Gasteiger partial charge >= 0.3 is 0 Å². The maximum Gasteiger partial charge on any atom is 0.221 e. The fourth-order valence-corrected chi connectivity index (χ4v) is 4.03. The van der Waals surface area contributed by atoms with Gasteiger partial charge in [0, 0.05) is 32.6 Å². The van der Waals surface area contributed by atoms with E-state index in [9.17, 15) is 9.90 Å². The first-order valence-corrected chi connectivity index (χ1v) is 9.35. The molecule has 0 bridgehead atoms. The first kappa shape index (κ1) is 18.2. The predicted octanol–water partition coefficient (Wildman–Crippen LogP) is 2.18. The van der Waals surface area contributed by atoms with Crippen LogP contribution in [0.2, 0.25) is 0 Å². The Morgan fingerprint density at radius 1 is 1.36 bits per heavy atom. The van der Waals surface area contributed by atoms with E-state index in [4.69, 9.17) is 4.74 Å². The summed E-state index contributed by atoms with van der Waals surface area (Å²) in [6.07, 6.45) is 4.02. The Bertz CT molecular complexity index is 585. The molecule has 2 aliphatic rings. The zero-order valence-corrected chi connectivity index (χ0v) is 15.3. The Labute approximate surface area is 150 Å². The molecule has 1 aliphatic heterocycles. The van der Waals surface area contributed by atoms with Gasteiger partial charge in [0.25, 0.3) is 0 Å². The van der Waals surface area contributed by atoms with Crippen molar-refractivity contribution in [3.8, 4) is 5.75 Å². The van der Waals surface area contributed by atoms with Gasteiger partial charge in [-0.25, -0.2) is 0 Å². The number of likely N-dealkylation sites (tertiary alicyclic amines) is 1. The molecule has 0 radical (unpaired) electrons. The third-order valence-corrected chi connectivity index (χ3v) is 5.98. The van der Waals surface area contributed by atoms with Gasteiger partial charge in [0.15, 0.2) is 0 Å². The van der Waals surface area contributed by atoms with Gasteiger partial charge in [0.05, 0.1) is 12.7 Å². The molecule has 3 rings (SSSR count). The number of nitrogens with one attached hydrogen (secondary N) is 1. The Balaban J connectivity index is 1.40. The van der Waals surface area contributed by atoms with Crippen molar-refractivity contribution in [2.75, 3.05) is 26.7 Å². The van der Waals surface area contributed by atoms with Gasteiger partial charge in [-0.1, -0.05) is 25.5 Å². The van der Waals surface area contributed by atoms with Crippen LogP contribution in [0.25, 0.3) is 0 Å². The molecule has 2 atom stereocenters. The van der Waals surface area contributed by atoms with E-state index in [1.165, 1.54) is 6.42 Å². The summed E-state index contributed by atoms with van der Waals surface area (Å²) in [5.41, 5.74) is 0.515. The van der Waals surface area contributed by atoms with E-state index < -0.39 is 5.60 Å². The molecular weight excluding hydrogens is 316 g/mol. The number of methoxy groups -OCH3 is 1. The third-order valence-electron chi connectivity index (χ3n) is 5.98. The Kier molecular flexibility index (Phi) is 5.64. The van der Waals surface area contributed by atoms with Crippen molar-refractivity contribution in [3.63, 3.8) is 0 Å². The number of benzene rings is 1. The molecular formula is C20H30N2O3. The van der Waals surface area contributed by atoms with Crippen molar-refractivity contribution >= 4 is 5.91 Å². The highest BCUT2D eigenvalue weighted by atomic mass is 16.5. The summed E-state index contributed by atoms with van der Waals surface area (Å²) in [7, 11) is 1.64. The van der Waals surface area contributed by atoms with E-state index in [2.05, 4.69) is 17.1 Å². The lowest BCUT2D eigenvalue weighted by atomic mass is 9.69. The monoisotopic (exact) mass is 346 g/mol. The normalized spacial score (nSPS) is 27.1. The molecule has 1 heterocycles. The van der Waals surface area contributed by atoms with Crippen molar-refractivity contribution in [1.82, 2.24) is 10.2 Å². The van der Waals surface area contributed by atoms with E-state index in [0.717, 1.165) is 30.7 Å². The molecule has 1 saturated heterocycles. The number of aliphatic hydroxyl groups is 1. The lowest BCUT2D eigenvalue weighted by molar-refractivity contribution is -0.121. The number of β-amino-alcohol motifs (C(OH)–C–C–N with tert-alkyl or cyclic N) is 1. The lowest BCUT2D eigenvalue weighted by Crippen LogP contribution is -2.47. The van der Waals surface area contributed by atoms with Crippen LogP contribution in [0.5, 0.6) is 5.75 Å². The molecule has 1 aromatic rings. The van der Waals surface area contributed by atoms with Crippen molar-refractivity contribution < 1.29 is 14.6 Å². The standard InChI is InChI=1S/C20H30N2O3/c1-15-13-22(14-20(15,24)17-4-3-5-17)11-10-19(23)21-12-16-6-8-18(25-2)9-7-16/h6-9,15,17,24H,3-5,10-14H2,1-2H3,(H,21,23)/t15-,20+/m1/s1. The molecule has 138 valence electrons. The van der Waals surface area contributed by atoms with E-state index in [1.807, 2.05) is 24.3 Å². The van der Waals surface area contributed by atoms with Crippen LogP contribution in [-0.4, -0.2) is 48.3 Å². The Morgan fingerprint density at radius 2 is 2.08 bits per heavy atom. The summed E-state index contributed by atoms with van der Waals surface area (Å²) in [6.45, 7) is 4.99. The van der Waals surface area contributed by atoms with Crippen LogP contribution < -0.4 is 10.1 Å². The summed E-state index contributed by atoms with van der Waals surface area (Å²) in [6, 6.07) is 7.71. The number of rotatable bonds is 7. The number of hydrogen-bond donors (Lipinski definition) is 2. The van der Waals surface area contributed by atoms with Gasteiger partial charge < -0.3 is 15.2 Å². The molecule has 1 aromatic carbocycles. The van der Waals surface area contributed by atoms with Gasteiger partial charge in [0.2, 0.25) is 5.91 Å². The van der Waals surface area contributed by atoms with Crippen LogP contribution >= 0.6 is 0 Å². The second-order valence-corrected chi connectivity index (χ2v) is 7.63. The van der Waals surface area contributed by atoms with Gasteiger partial charge in [-0.15, -0.1) is 0 Å². The molecule has 1 aliphatic carbocycles. The quantitative estimate of drug-likeness (QED) is 0.794. The minimum atomic E-state index is -0.544. The van der Waals surface area contributed by atoms with Gasteiger partial charge in [-0.3, -0.25) is 9.69 Å². The van der Waals surface area contributed by atoms with Crippen molar-refractivity contribution in [3.05, 3.63) is 29.8 Å². The topological polar surface area (TPSA) is 61.8 Å². The van der Waals surface area contributed by atoms with E-state index in [0.29, 0.717) is 37.9 Å². The van der Waals surface area contributed by atoms with Crippen LogP contribution in [0.4, 0.5) is 0 Å². The van der Waals surface area contributed by atoms with Gasteiger partial charge in [-0.05, 0) is 42.4 Å². The molecule has 0 aromatic heterocycles. The van der Waals surface area contributed by atoms with Crippen LogP contribution in [-0.2, 0) is 11.3 Å². The molecule has 0 spiro atoms. The molecule has 2 N–H and O–H groups in total. The average molecular weight is 346 g/mol. The summed E-state index contributed by atoms with van der Waals surface area (Å²) in [5, 5.41) is 13.9. The maximum absolute atomic E-state index is 12.1. The SMILES string of the molecule is COc1ccc(CNC(=O)CCN2C[C@@H](C)[C@](O)(C3CCC3)C2)cc1. The molecule has 1 amide bonds. The van der Waals surface area contributed by atoms with Crippen molar-refractivity contribution in [1.29, 1.82) is 0 Å². The summed E-state index contributed by atoms with van der Waals surface area (Å²) in [4.78, 5) is 14.4. The Morgan fingerprint density at radius 3 is 2.68 bits per heavy atom. The highest BCUT2D eigenvalue weighted by Crippen LogP contribution is 2.44. The van der Waals surface area contributed by atoms with Gasteiger partial charge in [0.1, 0.15) is 5.75 Å². The van der Waals surface area contributed by atoms with Crippen LogP contribution in [0.15, 0.2) is 24.3 Å². The number of hydrogen-bond acceptors (Lipinski definition) is 4. The smallest absolute Gasteiger partial charge is 0.221 e. The third kappa shape index (κ3) is 4.15. The van der Waals surface area contributed by atoms with Gasteiger partial charge in [-0.2, -0.15) is 0 Å². The first-order valence-electron chi connectivity index (χ1n) is 9.35. The minimum Gasteiger partial charge on any atom is -0.497 e. The van der Waals surface area contributed by atoms with Crippen LogP contribution in [0.3, 0.4) is 0 Å². The first-order chi connectivity index (χ1) is 12.0. The van der Waals surface area contributed by atoms with Crippen molar-refractivity contribution in [2.24, 2.45) is 11.8 Å². The molecule has 25 heavy (non-hydrogen) atoms. The summed E-state index contributed by atoms with van der Waals surface area (Å²) >= 11 is 0. The molecule has 5 nitrogen and oxygen atoms in total. The average Bonchev–Trinajstić information content (AvgIpc) is 2.84. The minimum absolute atomic E-state index is 0.0579. The second-order valence-electron chi connectivity index (χ2n) is 7.63. The fourth-order valence-electron chi connectivity index (χ4n) is 4.03. The largest absolute Gasteiger partial charge is 0.497 e. The molecule has 5 heteroatoms. The van der Waals surface area contributed by atoms with Crippen LogP contribution in [0.1, 0.15) is 38.2 Å². The Hall–Kier alpha value is -1.59. The predicted molar refractivity (Wildman–Crippen MR) is 97.4 cm³/mol. The zero-order chi connectivity index (χ0) is 17.9. The number of ether oxygens (including phenoxy) is 1. The van der Waals surface area contributed by atoms with E-state index in [-0.39, 0.29) is 5.91 Å². The fraction of sp³-hybridized carbons (Fsp3) is 0.650. The molecule has 0 unspecified atom stereocenters. The highest BCUT2D eigenvalue weighted by molar-refractivity contribution is 5.76. The maximum atomic E-state index is 12.1. The number of nitrogens with zero attached hydrogens (tertiary/aromatic N) is 1. The number of carbonyl (C=O) groups is 1.